The van der Waals surface area contributed by atoms with E-state index in [4.69, 9.17) is 9.26 Å². The van der Waals surface area contributed by atoms with Crippen molar-refractivity contribution in [2.75, 3.05) is 12.0 Å². The Morgan fingerprint density at radius 2 is 1.79 bits per heavy atom. The number of aliphatic hydroxyl groups excluding tert-OH is 1. The lowest BCUT2D eigenvalue weighted by molar-refractivity contribution is -0.132. The van der Waals surface area contributed by atoms with E-state index < -0.39 is 17.7 Å². The molecule has 1 N–H and O–H groups in total. The van der Waals surface area contributed by atoms with Gasteiger partial charge in [0.2, 0.25) is 0 Å². The van der Waals surface area contributed by atoms with Gasteiger partial charge in [-0.1, -0.05) is 47.6 Å². The van der Waals surface area contributed by atoms with E-state index in [-0.39, 0.29) is 17.2 Å². The van der Waals surface area contributed by atoms with Crippen LogP contribution in [0.3, 0.4) is 0 Å². The van der Waals surface area contributed by atoms with E-state index in [0.29, 0.717) is 22.6 Å². The summed E-state index contributed by atoms with van der Waals surface area (Å²) in [5.41, 5.74) is 1.07. The van der Waals surface area contributed by atoms with Gasteiger partial charge in [0.15, 0.2) is 5.82 Å². The average molecular weight is 390 g/mol. The first-order chi connectivity index (χ1) is 14.0. The Hall–Kier alpha value is -3.87. The molecule has 1 aliphatic rings. The van der Waals surface area contributed by atoms with E-state index in [2.05, 4.69) is 5.16 Å². The van der Waals surface area contributed by atoms with Gasteiger partial charge in [-0.25, -0.2) is 0 Å². The molecular formula is C22H18N2O5. The van der Waals surface area contributed by atoms with Crippen molar-refractivity contribution in [1.29, 1.82) is 0 Å². The Kier molecular flexibility index (Phi) is 4.64. The molecule has 0 bridgehead atoms. The molecule has 2 heterocycles. The van der Waals surface area contributed by atoms with Crippen molar-refractivity contribution in [2.45, 2.75) is 13.0 Å². The number of nitrogens with zero attached hydrogens (tertiary/aromatic N) is 2. The van der Waals surface area contributed by atoms with Crippen LogP contribution >= 0.6 is 0 Å². The molecule has 0 radical (unpaired) electrons. The number of aryl methyl sites for hydroxylation is 1. The van der Waals surface area contributed by atoms with E-state index in [1.807, 2.05) is 0 Å². The summed E-state index contributed by atoms with van der Waals surface area (Å²) in [5.74, 6) is -0.473. The smallest absolute Gasteiger partial charge is 0.301 e. The second-order valence-corrected chi connectivity index (χ2v) is 6.60. The molecule has 29 heavy (non-hydrogen) atoms. The highest BCUT2D eigenvalue weighted by Gasteiger charge is 2.48. The summed E-state index contributed by atoms with van der Waals surface area (Å²) in [6.45, 7) is 1.69. The van der Waals surface area contributed by atoms with Gasteiger partial charge in [0.1, 0.15) is 17.3 Å². The zero-order chi connectivity index (χ0) is 20.5. The minimum atomic E-state index is -0.856. The fraction of sp³-hybridized carbons (Fsp3) is 0.136. The normalized spacial score (nSPS) is 18.3. The van der Waals surface area contributed by atoms with E-state index in [1.165, 1.54) is 4.90 Å². The molecule has 1 atom stereocenters. The number of Topliss-reactive ketones (excluding diaryl/α,β-unsaturated/α-hetero) is 1. The number of aromatic nitrogens is 1. The lowest BCUT2D eigenvalue weighted by Crippen LogP contribution is -2.29. The predicted octanol–water partition coefficient (Wildman–Crippen LogP) is 3.62. The zero-order valence-corrected chi connectivity index (χ0v) is 15.8. The fourth-order valence-corrected chi connectivity index (χ4v) is 3.39. The first-order valence-electron chi connectivity index (χ1n) is 8.95. The zero-order valence-electron chi connectivity index (χ0n) is 15.8. The average Bonchev–Trinajstić information content (AvgIpc) is 3.29. The number of ketones is 1. The lowest BCUT2D eigenvalue weighted by atomic mass is 9.95. The van der Waals surface area contributed by atoms with Crippen molar-refractivity contribution in [3.05, 3.63) is 83.1 Å². The number of rotatable bonds is 4. The predicted molar refractivity (Wildman–Crippen MR) is 105 cm³/mol. The van der Waals surface area contributed by atoms with Gasteiger partial charge in [-0.3, -0.25) is 14.5 Å². The number of hydrogen-bond acceptors (Lipinski definition) is 6. The van der Waals surface area contributed by atoms with E-state index in [1.54, 1.807) is 74.7 Å². The molecule has 3 aromatic rings. The van der Waals surface area contributed by atoms with Crippen LogP contribution in [0.1, 0.15) is 22.9 Å². The van der Waals surface area contributed by atoms with Crippen LogP contribution in [0.15, 0.2) is 70.8 Å². The Morgan fingerprint density at radius 1 is 1.10 bits per heavy atom. The molecule has 1 fully saturated rings. The SMILES string of the molecule is COc1ccc([C@@H]2/C(=C(\O)c3ccccc3)C(=O)C(=O)N2c2cc(C)on2)cc1. The first-order valence-corrected chi connectivity index (χ1v) is 8.95. The fourth-order valence-electron chi connectivity index (χ4n) is 3.39. The highest BCUT2D eigenvalue weighted by Crippen LogP contribution is 2.42. The largest absolute Gasteiger partial charge is 0.507 e. The maximum Gasteiger partial charge on any atom is 0.301 e. The molecule has 146 valence electrons. The Morgan fingerprint density at radius 3 is 2.38 bits per heavy atom. The van der Waals surface area contributed by atoms with E-state index >= 15 is 0 Å². The summed E-state index contributed by atoms with van der Waals surface area (Å²) in [7, 11) is 1.55. The molecule has 1 saturated heterocycles. The van der Waals surface area contributed by atoms with Crippen LogP contribution in [0.4, 0.5) is 5.82 Å². The summed E-state index contributed by atoms with van der Waals surface area (Å²) in [6.07, 6.45) is 0. The summed E-state index contributed by atoms with van der Waals surface area (Å²) < 4.78 is 10.3. The Labute approximate surface area is 166 Å². The molecule has 1 amide bonds. The van der Waals surface area contributed by atoms with Crippen molar-refractivity contribution in [1.82, 2.24) is 5.16 Å². The minimum absolute atomic E-state index is 0.00739. The highest BCUT2D eigenvalue weighted by molar-refractivity contribution is 6.51. The Bertz CT molecular complexity index is 1100. The van der Waals surface area contributed by atoms with Crippen LogP contribution in [-0.4, -0.2) is 29.1 Å². The van der Waals surface area contributed by atoms with Crippen molar-refractivity contribution in [3.8, 4) is 5.75 Å². The first kappa shape index (κ1) is 18.5. The molecule has 4 rings (SSSR count). The minimum Gasteiger partial charge on any atom is -0.507 e. The number of carbonyl (C=O) groups is 2. The topological polar surface area (TPSA) is 92.9 Å². The summed E-state index contributed by atoms with van der Waals surface area (Å²) in [4.78, 5) is 27.1. The highest BCUT2D eigenvalue weighted by atomic mass is 16.5. The van der Waals surface area contributed by atoms with Gasteiger partial charge in [-0.05, 0) is 24.6 Å². The van der Waals surface area contributed by atoms with Crippen LogP contribution in [-0.2, 0) is 9.59 Å². The number of benzene rings is 2. The number of anilines is 1. The van der Waals surface area contributed by atoms with Gasteiger partial charge in [0, 0.05) is 11.6 Å². The molecule has 0 spiro atoms. The van der Waals surface area contributed by atoms with Crippen molar-refractivity contribution in [3.63, 3.8) is 0 Å². The van der Waals surface area contributed by atoms with E-state index in [0.717, 1.165) is 0 Å². The second-order valence-electron chi connectivity index (χ2n) is 6.60. The number of hydrogen-bond donors (Lipinski definition) is 1. The third kappa shape index (κ3) is 3.16. The van der Waals surface area contributed by atoms with Crippen LogP contribution in [0.25, 0.3) is 5.76 Å². The van der Waals surface area contributed by atoms with Gasteiger partial charge in [0.05, 0.1) is 18.7 Å². The monoisotopic (exact) mass is 390 g/mol. The van der Waals surface area contributed by atoms with Gasteiger partial charge < -0.3 is 14.4 Å². The van der Waals surface area contributed by atoms with Crippen LogP contribution in [0, 0.1) is 6.92 Å². The van der Waals surface area contributed by atoms with Crippen LogP contribution in [0.5, 0.6) is 5.75 Å². The third-order valence-electron chi connectivity index (χ3n) is 4.79. The summed E-state index contributed by atoms with van der Waals surface area (Å²) in [6, 6.07) is 16.3. The van der Waals surface area contributed by atoms with E-state index in [9.17, 15) is 14.7 Å². The lowest BCUT2D eigenvalue weighted by Gasteiger charge is -2.23. The molecule has 7 nitrogen and oxygen atoms in total. The molecule has 0 unspecified atom stereocenters. The van der Waals surface area contributed by atoms with Crippen molar-refractivity contribution in [2.24, 2.45) is 0 Å². The van der Waals surface area contributed by atoms with Gasteiger partial charge in [-0.15, -0.1) is 0 Å². The maximum atomic E-state index is 12.9. The van der Waals surface area contributed by atoms with Crippen molar-refractivity contribution < 1.29 is 24.0 Å². The number of aliphatic hydroxyl groups is 1. The number of amides is 1. The summed E-state index contributed by atoms with van der Waals surface area (Å²) >= 11 is 0. The molecule has 0 aliphatic carbocycles. The molecule has 7 heteroatoms. The van der Waals surface area contributed by atoms with Gasteiger partial charge >= 0.3 is 5.91 Å². The number of ether oxygens (including phenoxy) is 1. The molecular weight excluding hydrogens is 372 g/mol. The molecule has 2 aromatic carbocycles. The second kappa shape index (κ2) is 7.27. The molecule has 1 aliphatic heterocycles. The van der Waals surface area contributed by atoms with Gasteiger partial charge in [0.25, 0.3) is 5.78 Å². The quantitative estimate of drug-likeness (QED) is 0.416. The van der Waals surface area contributed by atoms with Crippen molar-refractivity contribution >= 4 is 23.3 Å². The summed E-state index contributed by atoms with van der Waals surface area (Å²) in [5, 5.41) is 14.8. The number of carbonyl (C=O) groups excluding carboxylic acids is 2. The Balaban J connectivity index is 1.92. The van der Waals surface area contributed by atoms with Crippen LogP contribution < -0.4 is 9.64 Å². The third-order valence-corrected chi connectivity index (χ3v) is 4.79. The molecule has 1 aromatic heterocycles. The maximum absolute atomic E-state index is 12.9. The standard InChI is InChI=1S/C22H18N2O5/c1-13-12-17(23-29-13)24-19(14-8-10-16(28-2)11-9-14)18(21(26)22(24)27)20(25)15-6-4-3-5-7-15/h3-12,19,25H,1-2H3/b20-18+/t19-/m1/s1. The van der Waals surface area contributed by atoms with Crippen LogP contribution in [0.2, 0.25) is 0 Å². The molecule has 0 saturated carbocycles. The van der Waals surface area contributed by atoms with Gasteiger partial charge in [-0.2, -0.15) is 0 Å². The number of methoxy groups -OCH3 is 1.